The predicted molar refractivity (Wildman–Crippen MR) is 156 cm³/mol. The first-order valence-electron chi connectivity index (χ1n) is 14.3. The van der Waals surface area contributed by atoms with Crippen LogP contribution in [0.2, 0.25) is 0 Å². The van der Waals surface area contributed by atoms with Crippen LogP contribution >= 0.6 is 0 Å². The molecule has 0 radical (unpaired) electrons. The molecule has 1 saturated heterocycles. The molecule has 1 aliphatic carbocycles. The number of hydrogen-bond acceptors (Lipinski definition) is 7. The van der Waals surface area contributed by atoms with Crippen LogP contribution in [0, 0.1) is 11.7 Å². The summed E-state index contributed by atoms with van der Waals surface area (Å²) in [6.07, 6.45) is 5.68. The number of hydrogen-bond donors (Lipinski definition) is 1. The van der Waals surface area contributed by atoms with E-state index >= 15 is 0 Å². The molecule has 0 bridgehead atoms. The summed E-state index contributed by atoms with van der Waals surface area (Å²) in [6.45, 7) is 2.18. The molecule has 3 heterocycles. The predicted octanol–water partition coefficient (Wildman–Crippen LogP) is 3.09. The van der Waals surface area contributed by atoms with Crippen molar-refractivity contribution >= 4 is 16.9 Å². The molecule has 220 valence electrons. The number of likely N-dealkylation sites (N-methyl/N-ethyl adjacent to an activating group) is 1. The fourth-order valence-electron chi connectivity index (χ4n) is 5.39. The lowest BCUT2D eigenvalue weighted by Gasteiger charge is -2.38. The smallest absolute Gasteiger partial charge is 0.264 e. The number of ether oxygens (including phenoxy) is 1. The molecule has 1 N–H and O–H groups in total. The van der Waals surface area contributed by atoms with Gasteiger partial charge in [-0.15, -0.1) is 0 Å². The van der Waals surface area contributed by atoms with E-state index < -0.39 is 11.4 Å². The highest BCUT2D eigenvalue weighted by Gasteiger charge is 2.39. The first-order valence-corrected chi connectivity index (χ1v) is 14.3. The maximum Gasteiger partial charge on any atom is 0.264 e. The molecule has 42 heavy (non-hydrogen) atoms. The van der Waals surface area contributed by atoms with Gasteiger partial charge in [-0.3, -0.25) is 14.2 Å². The number of piperidine rings is 1. The van der Waals surface area contributed by atoms with Crippen molar-refractivity contribution in [3.05, 3.63) is 71.2 Å². The summed E-state index contributed by atoms with van der Waals surface area (Å²) < 4.78 is 23.2. The van der Waals surface area contributed by atoms with Gasteiger partial charge in [0.25, 0.3) is 5.56 Å². The Bertz CT molecular complexity index is 1650. The third-order valence-electron chi connectivity index (χ3n) is 8.12. The van der Waals surface area contributed by atoms with Gasteiger partial charge >= 0.3 is 0 Å². The van der Waals surface area contributed by atoms with Crippen LogP contribution in [0.5, 0.6) is 5.75 Å². The van der Waals surface area contributed by atoms with Gasteiger partial charge in [-0.05, 0) is 75.2 Å². The van der Waals surface area contributed by atoms with Crippen molar-refractivity contribution in [2.45, 2.75) is 37.8 Å². The second kappa shape index (κ2) is 11.3. The van der Waals surface area contributed by atoms with E-state index in [-0.39, 0.29) is 29.7 Å². The highest BCUT2D eigenvalue weighted by Crippen LogP contribution is 2.33. The maximum atomic E-state index is 14.6. The van der Waals surface area contributed by atoms with Gasteiger partial charge in [-0.25, -0.2) is 14.1 Å². The molecule has 0 unspecified atom stereocenters. The Balaban J connectivity index is 1.15. The van der Waals surface area contributed by atoms with Gasteiger partial charge in [-0.2, -0.15) is 5.10 Å². The van der Waals surface area contributed by atoms with Crippen molar-refractivity contribution in [1.29, 1.82) is 0 Å². The molecule has 2 aromatic heterocycles. The molecule has 2 aliphatic rings. The van der Waals surface area contributed by atoms with Crippen LogP contribution < -0.4 is 10.3 Å². The number of aliphatic hydroxyl groups is 1. The lowest BCUT2D eigenvalue weighted by atomic mass is 9.91. The summed E-state index contributed by atoms with van der Waals surface area (Å²) in [7, 11) is 3.86. The Hall–Kier alpha value is -4.09. The van der Waals surface area contributed by atoms with Crippen molar-refractivity contribution in [2.24, 2.45) is 5.92 Å². The number of carbonyl (C=O) groups excluding carboxylic acids is 1. The fourth-order valence-corrected chi connectivity index (χ4v) is 5.39. The lowest BCUT2D eigenvalue weighted by Crippen LogP contribution is -2.50. The zero-order chi connectivity index (χ0) is 29.4. The summed E-state index contributed by atoms with van der Waals surface area (Å²) in [6, 6.07) is 12.3. The van der Waals surface area contributed by atoms with Gasteiger partial charge in [0, 0.05) is 25.6 Å². The topological polar surface area (TPSA) is 106 Å². The Morgan fingerprint density at radius 3 is 2.50 bits per heavy atom. The molecule has 1 aliphatic heterocycles. The van der Waals surface area contributed by atoms with Gasteiger partial charge in [-0.1, -0.05) is 18.2 Å². The minimum atomic E-state index is -1.08. The average molecular weight is 575 g/mol. The first kappa shape index (κ1) is 28.0. The van der Waals surface area contributed by atoms with E-state index in [9.17, 15) is 19.1 Å². The second-order valence-corrected chi connectivity index (χ2v) is 11.6. The molecule has 2 aromatic carbocycles. The summed E-state index contributed by atoms with van der Waals surface area (Å²) in [5.74, 6) is 0.142. The summed E-state index contributed by atoms with van der Waals surface area (Å²) in [5.41, 5.74) is 1.28. The van der Waals surface area contributed by atoms with Gasteiger partial charge in [0.05, 0.1) is 24.0 Å². The molecule has 0 spiro atoms. The van der Waals surface area contributed by atoms with Gasteiger partial charge < -0.3 is 19.6 Å². The number of nitrogens with zero attached hydrogens (tertiary/aromatic N) is 6. The van der Waals surface area contributed by atoms with Crippen molar-refractivity contribution in [1.82, 2.24) is 29.1 Å². The SMILES string of the molecule is CN(C)CCOc1ccc(-c2ccc(-n3ncc4c(=O)n(CC5(O)CCN(C(=O)C6CC6)CC5)cnc43)cc2)cc1F. The summed E-state index contributed by atoms with van der Waals surface area (Å²) in [4.78, 5) is 34.0. The Kier molecular flexibility index (Phi) is 7.54. The third kappa shape index (κ3) is 5.79. The number of carbonyl (C=O) groups is 1. The number of aromatic nitrogens is 4. The summed E-state index contributed by atoms with van der Waals surface area (Å²) in [5, 5.41) is 15.9. The zero-order valence-electron chi connectivity index (χ0n) is 23.9. The van der Waals surface area contributed by atoms with Crippen LogP contribution in [0.1, 0.15) is 25.7 Å². The van der Waals surface area contributed by atoms with Crippen molar-refractivity contribution < 1.29 is 19.0 Å². The van der Waals surface area contributed by atoms with E-state index in [0.29, 0.717) is 61.4 Å². The molecule has 1 amide bonds. The van der Waals surface area contributed by atoms with E-state index in [2.05, 4.69) is 10.1 Å². The minimum absolute atomic E-state index is 0.107. The number of fused-ring (bicyclic) bond motifs is 1. The zero-order valence-corrected chi connectivity index (χ0v) is 23.9. The highest BCUT2D eigenvalue weighted by molar-refractivity contribution is 5.81. The van der Waals surface area contributed by atoms with Crippen LogP contribution in [0.3, 0.4) is 0 Å². The average Bonchev–Trinajstić information content (AvgIpc) is 3.74. The maximum absolute atomic E-state index is 14.6. The third-order valence-corrected chi connectivity index (χ3v) is 8.12. The number of benzene rings is 2. The van der Waals surface area contributed by atoms with Crippen LogP contribution in [0.4, 0.5) is 4.39 Å². The summed E-state index contributed by atoms with van der Waals surface area (Å²) >= 11 is 0. The monoisotopic (exact) mass is 574 g/mol. The number of rotatable bonds is 9. The Morgan fingerprint density at radius 2 is 1.83 bits per heavy atom. The van der Waals surface area contributed by atoms with Crippen molar-refractivity contribution in [3.8, 4) is 22.6 Å². The van der Waals surface area contributed by atoms with E-state index in [1.165, 1.54) is 23.2 Å². The molecular formula is C31H35FN6O4. The largest absolute Gasteiger partial charge is 0.489 e. The molecule has 6 rings (SSSR count). The number of likely N-dealkylation sites (tertiary alicyclic amines) is 1. The highest BCUT2D eigenvalue weighted by atomic mass is 19.1. The van der Waals surface area contributed by atoms with Crippen molar-refractivity contribution in [2.75, 3.05) is 40.3 Å². The quantitative estimate of drug-likeness (QED) is 0.328. The standard InChI is InChI=1S/C31H35FN6O4/c1-35(2)15-16-42-27-10-7-23(17-26(27)32)21-5-8-24(9-6-21)38-28-25(18-34-38)30(40)37(20-33-28)19-31(41)11-13-36(14-12-31)29(39)22-3-4-22/h5-10,17-18,20,22,41H,3-4,11-16,19H2,1-2H3. The molecule has 10 nitrogen and oxygen atoms in total. The van der Waals surface area contributed by atoms with Crippen LogP contribution in [0.15, 0.2) is 59.8 Å². The fraction of sp³-hybridized carbons (Fsp3) is 0.419. The van der Waals surface area contributed by atoms with Crippen LogP contribution in [-0.4, -0.2) is 86.1 Å². The van der Waals surface area contributed by atoms with E-state index in [1.54, 1.807) is 10.7 Å². The molecule has 11 heteroatoms. The number of halogens is 1. The van der Waals surface area contributed by atoms with Gasteiger partial charge in [0.2, 0.25) is 5.91 Å². The Morgan fingerprint density at radius 1 is 1.12 bits per heavy atom. The number of amides is 1. The van der Waals surface area contributed by atoms with E-state index in [4.69, 9.17) is 4.74 Å². The second-order valence-electron chi connectivity index (χ2n) is 11.6. The van der Waals surface area contributed by atoms with Crippen LogP contribution in [0.25, 0.3) is 27.8 Å². The lowest BCUT2D eigenvalue weighted by molar-refractivity contribution is -0.137. The normalized spacial score (nSPS) is 16.7. The van der Waals surface area contributed by atoms with Crippen LogP contribution in [-0.2, 0) is 11.3 Å². The molecule has 1 saturated carbocycles. The molecule has 2 fully saturated rings. The van der Waals surface area contributed by atoms with Gasteiger partial charge in [0.1, 0.15) is 18.3 Å². The van der Waals surface area contributed by atoms with Gasteiger partial charge in [0.15, 0.2) is 17.2 Å². The van der Waals surface area contributed by atoms with E-state index in [0.717, 1.165) is 18.4 Å². The minimum Gasteiger partial charge on any atom is -0.489 e. The van der Waals surface area contributed by atoms with Crippen molar-refractivity contribution in [3.63, 3.8) is 0 Å². The Labute approximate surface area is 242 Å². The molecule has 4 aromatic rings. The molecule has 0 atom stereocenters. The first-order chi connectivity index (χ1) is 20.2. The molecular weight excluding hydrogens is 539 g/mol. The van der Waals surface area contributed by atoms with E-state index in [1.807, 2.05) is 54.2 Å².